The van der Waals surface area contributed by atoms with Gasteiger partial charge in [0.2, 0.25) is 0 Å². The van der Waals surface area contributed by atoms with Crippen molar-refractivity contribution in [3.8, 4) is 5.82 Å². The number of aryl methyl sites for hydroxylation is 1. The van der Waals surface area contributed by atoms with Crippen molar-refractivity contribution in [2.24, 2.45) is 0 Å². The lowest BCUT2D eigenvalue weighted by Crippen LogP contribution is -2.21. The molecule has 2 aromatic rings. The average Bonchev–Trinajstić information content (AvgIpc) is 2.23. The molecule has 0 saturated heterocycles. The van der Waals surface area contributed by atoms with Crippen molar-refractivity contribution in [2.45, 2.75) is 6.92 Å². The van der Waals surface area contributed by atoms with Crippen LogP contribution in [0.2, 0.25) is 0 Å². The number of anilines is 1. The quantitative estimate of drug-likeness (QED) is 0.752. The van der Waals surface area contributed by atoms with Crippen molar-refractivity contribution in [3.05, 3.63) is 52.6 Å². The van der Waals surface area contributed by atoms with E-state index in [2.05, 4.69) is 4.98 Å². The molecule has 4 heteroatoms. The molecular weight excluding hydrogens is 190 g/mol. The summed E-state index contributed by atoms with van der Waals surface area (Å²) in [6, 6.07) is 7.04. The molecule has 15 heavy (non-hydrogen) atoms. The SMILES string of the molecule is Cc1cccnc1-n1cccc(N)c1=O. The Bertz CT molecular complexity index is 546. The van der Waals surface area contributed by atoms with Crippen molar-refractivity contribution in [1.29, 1.82) is 0 Å². The molecule has 0 saturated carbocycles. The summed E-state index contributed by atoms with van der Waals surface area (Å²) in [5, 5.41) is 0. The van der Waals surface area contributed by atoms with Crippen LogP contribution in [0.1, 0.15) is 5.56 Å². The van der Waals surface area contributed by atoms with Crippen molar-refractivity contribution < 1.29 is 0 Å². The number of hydrogen-bond acceptors (Lipinski definition) is 3. The smallest absolute Gasteiger partial charge is 0.279 e. The minimum absolute atomic E-state index is 0.225. The lowest BCUT2D eigenvalue weighted by atomic mass is 10.3. The zero-order valence-corrected chi connectivity index (χ0v) is 8.34. The lowest BCUT2D eigenvalue weighted by molar-refractivity contribution is 0.930. The van der Waals surface area contributed by atoms with Crippen molar-refractivity contribution in [2.75, 3.05) is 5.73 Å². The second-order valence-corrected chi connectivity index (χ2v) is 3.28. The molecule has 0 unspecified atom stereocenters. The maximum atomic E-state index is 11.7. The van der Waals surface area contributed by atoms with Gasteiger partial charge in [-0.25, -0.2) is 4.98 Å². The van der Waals surface area contributed by atoms with E-state index in [1.807, 2.05) is 19.1 Å². The molecule has 2 aromatic heterocycles. The summed E-state index contributed by atoms with van der Waals surface area (Å²) < 4.78 is 1.45. The third kappa shape index (κ3) is 1.61. The van der Waals surface area contributed by atoms with E-state index in [1.54, 1.807) is 24.5 Å². The molecule has 2 N–H and O–H groups in total. The van der Waals surface area contributed by atoms with Gasteiger partial charge in [-0.05, 0) is 30.7 Å². The van der Waals surface area contributed by atoms with E-state index in [4.69, 9.17) is 5.73 Å². The van der Waals surface area contributed by atoms with Crippen LogP contribution in [0, 0.1) is 6.92 Å². The van der Waals surface area contributed by atoms with E-state index >= 15 is 0 Å². The van der Waals surface area contributed by atoms with Crippen LogP contribution < -0.4 is 11.3 Å². The van der Waals surface area contributed by atoms with Gasteiger partial charge in [0.25, 0.3) is 5.56 Å². The van der Waals surface area contributed by atoms with Gasteiger partial charge in [0.15, 0.2) is 0 Å². The van der Waals surface area contributed by atoms with E-state index in [-0.39, 0.29) is 11.2 Å². The highest BCUT2D eigenvalue weighted by molar-refractivity contribution is 5.40. The molecule has 0 spiro atoms. The molecule has 0 amide bonds. The molecule has 0 radical (unpaired) electrons. The second-order valence-electron chi connectivity index (χ2n) is 3.28. The zero-order valence-electron chi connectivity index (χ0n) is 8.34. The maximum absolute atomic E-state index is 11.7. The van der Waals surface area contributed by atoms with Crippen molar-refractivity contribution in [3.63, 3.8) is 0 Å². The molecule has 2 heterocycles. The lowest BCUT2D eigenvalue weighted by Gasteiger charge is -2.07. The van der Waals surface area contributed by atoms with E-state index in [1.165, 1.54) is 4.57 Å². The minimum atomic E-state index is -0.237. The number of pyridine rings is 2. The highest BCUT2D eigenvalue weighted by Crippen LogP contribution is 2.07. The maximum Gasteiger partial charge on any atom is 0.279 e. The van der Waals surface area contributed by atoms with Gasteiger partial charge in [-0.1, -0.05) is 6.07 Å². The summed E-state index contributed by atoms with van der Waals surface area (Å²) in [5.74, 6) is 0.620. The highest BCUT2D eigenvalue weighted by Gasteiger charge is 2.04. The molecule has 0 aliphatic carbocycles. The first-order chi connectivity index (χ1) is 7.20. The number of rotatable bonds is 1. The van der Waals surface area contributed by atoms with Gasteiger partial charge in [0, 0.05) is 12.4 Å². The summed E-state index contributed by atoms with van der Waals surface area (Å²) in [5.41, 5.74) is 6.47. The molecule has 0 aliphatic heterocycles. The molecule has 0 fully saturated rings. The monoisotopic (exact) mass is 201 g/mol. The standard InChI is InChI=1S/C11H11N3O/c1-8-4-2-6-13-10(8)14-7-3-5-9(12)11(14)15/h2-7H,12H2,1H3. The third-order valence-corrected chi connectivity index (χ3v) is 2.19. The molecule has 76 valence electrons. The fourth-order valence-corrected chi connectivity index (χ4v) is 1.41. The van der Waals surface area contributed by atoms with E-state index in [9.17, 15) is 4.79 Å². The molecular formula is C11H11N3O. The summed E-state index contributed by atoms with van der Waals surface area (Å²) in [6.07, 6.45) is 3.31. The first kappa shape index (κ1) is 9.45. The Kier molecular flexibility index (Phi) is 2.25. The first-order valence-corrected chi connectivity index (χ1v) is 4.59. The number of nitrogens with two attached hydrogens (primary N) is 1. The van der Waals surface area contributed by atoms with Crippen LogP contribution in [0.5, 0.6) is 0 Å². The van der Waals surface area contributed by atoms with Crippen LogP contribution in [0.15, 0.2) is 41.5 Å². The molecule has 4 nitrogen and oxygen atoms in total. The van der Waals surface area contributed by atoms with Gasteiger partial charge in [-0.2, -0.15) is 0 Å². The summed E-state index contributed by atoms with van der Waals surface area (Å²) in [7, 11) is 0. The first-order valence-electron chi connectivity index (χ1n) is 4.59. The van der Waals surface area contributed by atoms with Crippen LogP contribution in [0.25, 0.3) is 5.82 Å². The summed E-state index contributed by atoms with van der Waals surface area (Å²) in [6.45, 7) is 1.90. The van der Waals surface area contributed by atoms with Gasteiger partial charge in [0.05, 0.1) is 5.69 Å². The fraction of sp³-hybridized carbons (Fsp3) is 0.0909. The average molecular weight is 201 g/mol. The van der Waals surface area contributed by atoms with Crippen LogP contribution >= 0.6 is 0 Å². The molecule has 0 bridgehead atoms. The number of nitrogens with zero attached hydrogens (tertiary/aromatic N) is 2. The van der Waals surface area contributed by atoms with Crippen molar-refractivity contribution in [1.82, 2.24) is 9.55 Å². The minimum Gasteiger partial charge on any atom is -0.394 e. The predicted molar refractivity (Wildman–Crippen MR) is 59.0 cm³/mol. The van der Waals surface area contributed by atoms with Gasteiger partial charge >= 0.3 is 0 Å². The number of hydrogen-bond donors (Lipinski definition) is 1. The summed E-state index contributed by atoms with van der Waals surface area (Å²) >= 11 is 0. The van der Waals surface area contributed by atoms with Crippen LogP contribution in [0.4, 0.5) is 5.69 Å². The molecule has 0 aromatic carbocycles. The van der Waals surface area contributed by atoms with Crippen molar-refractivity contribution >= 4 is 5.69 Å². The van der Waals surface area contributed by atoms with Crippen LogP contribution in [0.3, 0.4) is 0 Å². The zero-order chi connectivity index (χ0) is 10.8. The number of nitrogen functional groups attached to an aromatic ring is 1. The van der Waals surface area contributed by atoms with E-state index in [0.29, 0.717) is 5.82 Å². The third-order valence-electron chi connectivity index (χ3n) is 2.19. The Labute approximate surface area is 87.0 Å². The molecule has 0 atom stereocenters. The summed E-state index contributed by atoms with van der Waals surface area (Å²) in [4.78, 5) is 15.9. The topological polar surface area (TPSA) is 60.9 Å². The Morgan fingerprint density at radius 3 is 2.87 bits per heavy atom. The Morgan fingerprint density at radius 2 is 2.13 bits per heavy atom. The van der Waals surface area contributed by atoms with Gasteiger partial charge in [-0.3, -0.25) is 9.36 Å². The predicted octanol–water partition coefficient (Wildman–Crippen LogP) is 1.12. The molecule has 0 aliphatic rings. The highest BCUT2D eigenvalue weighted by atomic mass is 16.1. The Hall–Kier alpha value is -2.10. The van der Waals surface area contributed by atoms with Gasteiger partial charge in [0.1, 0.15) is 5.82 Å². The van der Waals surface area contributed by atoms with Gasteiger partial charge in [-0.15, -0.1) is 0 Å². The fourth-order valence-electron chi connectivity index (χ4n) is 1.41. The van der Waals surface area contributed by atoms with Gasteiger partial charge < -0.3 is 5.73 Å². The molecule has 2 rings (SSSR count). The normalized spacial score (nSPS) is 10.2. The Balaban J connectivity index is 2.70. The van der Waals surface area contributed by atoms with E-state index in [0.717, 1.165) is 5.56 Å². The van der Waals surface area contributed by atoms with Crippen LogP contribution in [-0.2, 0) is 0 Å². The van der Waals surface area contributed by atoms with Crippen LogP contribution in [-0.4, -0.2) is 9.55 Å². The largest absolute Gasteiger partial charge is 0.394 e. The number of aromatic nitrogens is 2. The second kappa shape index (κ2) is 3.57. The Morgan fingerprint density at radius 1 is 1.33 bits per heavy atom. The van der Waals surface area contributed by atoms with E-state index < -0.39 is 0 Å².